The molecule has 0 radical (unpaired) electrons. The highest BCUT2D eigenvalue weighted by Gasteiger charge is 2.21. The molecule has 2 aromatic rings. The Balaban J connectivity index is 1.27. The Morgan fingerprint density at radius 3 is 2.68 bits per heavy atom. The van der Waals surface area contributed by atoms with Gasteiger partial charge in [0.05, 0.1) is 6.61 Å². The summed E-state index contributed by atoms with van der Waals surface area (Å²) < 4.78 is 12.0. The fourth-order valence-electron chi connectivity index (χ4n) is 3.45. The number of para-hydroxylation sites is 1. The van der Waals surface area contributed by atoms with E-state index in [0.717, 1.165) is 36.8 Å². The molecule has 132 valence electrons. The van der Waals surface area contributed by atoms with Gasteiger partial charge in [-0.1, -0.05) is 24.3 Å². The van der Waals surface area contributed by atoms with Crippen molar-refractivity contribution in [1.29, 1.82) is 0 Å². The molecule has 1 unspecified atom stereocenters. The van der Waals surface area contributed by atoms with Crippen molar-refractivity contribution in [1.82, 2.24) is 4.90 Å². The van der Waals surface area contributed by atoms with Crippen LogP contribution in [0.25, 0.3) is 0 Å². The summed E-state index contributed by atoms with van der Waals surface area (Å²) in [6, 6.07) is 16.7. The number of ether oxygens (including phenoxy) is 2. The van der Waals surface area contributed by atoms with Crippen LogP contribution in [-0.2, 0) is 0 Å². The highest BCUT2D eigenvalue weighted by molar-refractivity contribution is 7.99. The molecule has 0 aromatic heterocycles. The fraction of sp³-hybridized carbons (Fsp3) is 0.429. The van der Waals surface area contributed by atoms with E-state index in [4.69, 9.17) is 9.47 Å². The molecule has 25 heavy (non-hydrogen) atoms. The summed E-state index contributed by atoms with van der Waals surface area (Å²) in [6.07, 6.45) is 3.92. The third kappa shape index (κ3) is 4.31. The molecular weight excluding hydrogens is 330 g/mol. The molecule has 2 aromatic carbocycles. The number of fused-ring (bicyclic) bond motifs is 1. The van der Waals surface area contributed by atoms with Gasteiger partial charge in [-0.2, -0.15) is 0 Å². The van der Waals surface area contributed by atoms with Crippen LogP contribution in [0.15, 0.2) is 53.4 Å². The van der Waals surface area contributed by atoms with Crippen LogP contribution in [0.5, 0.6) is 11.5 Å². The van der Waals surface area contributed by atoms with Crippen molar-refractivity contribution in [2.45, 2.75) is 30.3 Å². The topological polar surface area (TPSA) is 21.7 Å². The predicted octanol–water partition coefficient (Wildman–Crippen LogP) is 4.78. The lowest BCUT2D eigenvalue weighted by atomic mass is 10.1. The Bertz CT molecular complexity index is 683. The predicted molar refractivity (Wildman–Crippen MR) is 103 cm³/mol. The zero-order chi connectivity index (χ0) is 16.9. The maximum Gasteiger partial charge on any atom is 0.133 e. The number of rotatable bonds is 6. The maximum absolute atomic E-state index is 6.15. The van der Waals surface area contributed by atoms with E-state index >= 15 is 0 Å². The van der Waals surface area contributed by atoms with E-state index in [1.807, 2.05) is 23.9 Å². The molecule has 0 bridgehead atoms. The molecule has 4 heteroatoms. The Kier molecular flexibility index (Phi) is 5.48. The van der Waals surface area contributed by atoms with Gasteiger partial charge in [-0.15, -0.1) is 11.8 Å². The summed E-state index contributed by atoms with van der Waals surface area (Å²) in [5.74, 6) is 2.90. The molecule has 0 N–H and O–H groups in total. The molecule has 0 spiro atoms. The van der Waals surface area contributed by atoms with Gasteiger partial charge >= 0.3 is 0 Å². The first-order chi connectivity index (χ1) is 12.4. The second-order valence-corrected chi connectivity index (χ2v) is 7.75. The zero-order valence-corrected chi connectivity index (χ0v) is 15.3. The first kappa shape index (κ1) is 16.8. The highest BCUT2D eigenvalue weighted by Crippen LogP contribution is 2.40. The third-order valence-corrected chi connectivity index (χ3v) is 5.96. The smallest absolute Gasteiger partial charge is 0.133 e. The van der Waals surface area contributed by atoms with Crippen molar-refractivity contribution in [2.75, 3.05) is 32.0 Å². The summed E-state index contributed by atoms with van der Waals surface area (Å²) >= 11 is 1.86. The molecule has 4 rings (SSSR count). The van der Waals surface area contributed by atoms with Crippen LogP contribution in [0.1, 0.15) is 30.9 Å². The van der Waals surface area contributed by atoms with Gasteiger partial charge in [0.2, 0.25) is 0 Å². The Morgan fingerprint density at radius 1 is 1.04 bits per heavy atom. The zero-order valence-electron chi connectivity index (χ0n) is 14.5. The van der Waals surface area contributed by atoms with Gasteiger partial charge in [0.1, 0.15) is 17.6 Å². The number of nitrogens with zero attached hydrogens (tertiary/aromatic N) is 1. The van der Waals surface area contributed by atoms with Crippen molar-refractivity contribution >= 4 is 11.8 Å². The Labute approximate surface area is 154 Å². The van der Waals surface area contributed by atoms with Crippen LogP contribution < -0.4 is 9.47 Å². The summed E-state index contributed by atoms with van der Waals surface area (Å²) in [5.41, 5.74) is 1.21. The number of likely N-dealkylation sites (tertiary alicyclic amines) is 1. The van der Waals surface area contributed by atoms with Gasteiger partial charge in [0.15, 0.2) is 0 Å². The Hall–Kier alpha value is -1.65. The van der Waals surface area contributed by atoms with Gasteiger partial charge in [-0.25, -0.2) is 0 Å². The van der Waals surface area contributed by atoms with Crippen LogP contribution in [0, 0.1) is 0 Å². The minimum atomic E-state index is 0.115. The van der Waals surface area contributed by atoms with Gasteiger partial charge < -0.3 is 14.4 Å². The van der Waals surface area contributed by atoms with Gasteiger partial charge in [0.25, 0.3) is 0 Å². The first-order valence-electron chi connectivity index (χ1n) is 9.22. The fourth-order valence-corrected chi connectivity index (χ4v) is 4.47. The van der Waals surface area contributed by atoms with E-state index in [1.54, 1.807) is 0 Å². The monoisotopic (exact) mass is 355 g/mol. The number of hydrogen-bond acceptors (Lipinski definition) is 4. The van der Waals surface area contributed by atoms with Gasteiger partial charge in [-0.3, -0.25) is 0 Å². The summed E-state index contributed by atoms with van der Waals surface area (Å²) in [7, 11) is 0. The molecule has 1 atom stereocenters. The second kappa shape index (κ2) is 8.15. The quantitative estimate of drug-likeness (QED) is 0.695. The minimum absolute atomic E-state index is 0.115. The molecule has 0 amide bonds. The lowest BCUT2D eigenvalue weighted by Gasteiger charge is -2.26. The largest absolute Gasteiger partial charge is 0.494 e. The minimum Gasteiger partial charge on any atom is -0.494 e. The normalized spacial score (nSPS) is 20.1. The molecular formula is C21H25NO2S. The van der Waals surface area contributed by atoms with Crippen molar-refractivity contribution in [3.8, 4) is 11.5 Å². The van der Waals surface area contributed by atoms with E-state index in [2.05, 4.69) is 41.3 Å². The lowest BCUT2D eigenvalue weighted by Crippen LogP contribution is -2.21. The number of hydrogen-bond donors (Lipinski definition) is 0. The molecule has 2 heterocycles. The van der Waals surface area contributed by atoms with Crippen LogP contribution >= 0.6 is 11.8 Å². The number of thioether (sulfide) groups is 1. The van der Waals surface area contributed by atoms with Crippen molar-refractivity contribution in [2.24, 2.45) is 0 Å². The molecule has 2 aliphatic heterocycles. The Morgan fingerprint density at radius 2 is 1.84 bits per heavy atom. The molecule has 1 saturated heterocycles. The molecule has 2 aliphatic rings. The number of benzene rings is 2. The average molecular weight is 356 g/mol. The molecule has 0 saturated carbocycles. The lowest BCUT2D eigenvalue weighted by molar-refractivity contribution is 0.220. The van der Waals surface area contributed by atoms with Crippen LogP contribution in [0.3, 0.4) is 0 Å². The van der Waals surface area contributed by atoms with Crippen LogP contribution in [0.4, 0.5) is 0 Å². The maximum atomic E-state index is 6.15. The molecule has 3 nitrogen and oxygen atoms in total. The summed E-state index contributed by atoms with van der Waals surface area (Å²) in [4.78, 5) is 3.76. The van der Waals surface area contributed by atoms with Gasteiger partial charge in [-0.05, 0) is 62.2 Å². The van der Waals surface area contributed by atoms with Crippen LogP contribution in [0.2, 0.25) is 0 Å². The standard InChI is InChI=1S/C21H25NO2S/c1-2-7-21-19(6-1)24-20(16-25-21)17-8-10-18(11-9-17)23-15-5-14-22-12-3-4-13-22/h1-2,6-11,20H,3-5,12-16H2. The summed E-state index contributed by atoms with van der Waals surface area (Å²) in [5, 5.41) is 0. The van der Waals surface area contributed by atoms with E-state index < -0.39 is 0 Å². The van der Waals surface area contributed by atoms with Crippen molar-refractivity contribution in [3.05, 3.63) is 54.1 Å². The van der Waals surface area contributed by atoms with Gasteiger partial charge in [0, 0.05) is 17.2 Å². The first-order valence-corrected chi connectivity index (χ1v) is 10.2. The van der Waals surface area contributed by atoms with E-state index in [-0.39, 0.29) is 6.10 Å². The SMILES string of the molecule is c1ccc2c(c1)OC(c1ccc(OCCCN3CCCC3)cc1)CS2. The highest BCUT2D eigenvalue weighted by atomic mass is 32.2. The average Bonchev–Trinajstić information content (AvgIpc) is 3.19. The van der Waals surface area contributed by atoms with Crippen molar-refractivity contribution in [3.63, 3.8) is 0 Å². The summed E-state index contributed by atoms with van der Waals surface area (Å²) in [6.45, 7) is 4.47. The molecule has 1 fully saturated rings. The van der Waals surface area contributed by atoms with Crippen molar-refractivity contribution < 1.29 is 9.47 Å². The van der Waals surface area contributed by atoms with Crippen LogP contribution in [-0.4, -0.2) is 36.9 Å². The van der Waals surface area contributed by atoms with E-state index in [0.29, 0.717) is 0 Å². The molecule has 0 aliphatic carbocycles. The van der Waals surface area contributed by atoms with E-state index in [9.17, 15) is 0 Å². The van der Waals surface area contributed by atoms with E-state index in [1.165, 1.54) is 36.4 Å². The third-order valence-electron chi connectivity index (χ3n) is 4.85. The second-order valence-electron chi connectivity index (χ2n) is 6.68.